The van der Waals surface area contributed by atoms with Crippen molar-refractivity contribution in [2.75, 3.05) is 18.9 Å². The number of aliphatic hydroxyl groups is 2. The molecule has 0 amide bonds. The molecule has 5 heterocycles. The lowest BCUT2D eigenvalue weighted by atomic mass is 9.97. The maximum atomic E-state index is 9.65. The summed E-state index contributed by atoms with van der Waals surface area (Å²) in [6.45, 7) is 12.8. The van der Waals surface area contributed by atoms with Crippen LogP contribution in [0, 0.1) is 22.7 Å². The molecule has 3 aromatic rings. The number of halogens is 4. The molecule has 21 heteroatoms. The Kier molecular flexibility index (Phi) is 12.4. The van der Waals surface area contributed by atoms with Gasteiger partial charge in [-0.2, -0.15) is 4.98 Å². The molecule has 2 saturated carbocycles. The molecule has 4 aliphatic rings. The van der Waals surface area contributed by atoms with Gasteiger partial charge in [-0.25, -0.2) is 19.6 Å². The summed E-state index contributed by atoms with van der Waals surface area (Å²) < 4.78 is 25.5. The Labute approximate surface area is 320 Å². The van der Waals surface area contributed by atoms with Gasteiger partial charge in [-0.05, 0) is 96.8 Å². The number of aromatic nitrogens is 7. The predicted octanol–water partition coefficient (Wildman–Crippen LogP) is 5.14. The Bertz CT molecular complexity index is 1750. The summed E-state index contributed by atoms with van der Waals surface area (Å²) in [5, 5.41) is 30.1. The van der Waals surface area contributed by atoms with Crippen molar-refractivity contribution in [1.82, 2.24) is 34.9 Å². The number of aliphatic hydroxyl groups excluding tert-OH is 2. The van der Waals surface area contributed by atoms with E-state index in [1.807, 2.05) is 27.7 Å². The topological polar surface area (TPSA) is 224 Å². The molecule has 0 bridgehead atoms. The highest BCUT2D eigenvalue weighted by Gasteiger charge is 2.55. The lowest BCUT2D eigenvalue weighted by molar-refractivity contribution is -0.163. The third kappa shape index (κ3) is 9.13. The Morgan fingerprint density at radius 2 is 1.35 bits per heavy atom. The molecule has 2 aliphatic carbocycles. The van der Waals surface area contributed by atoms with E-state index in [2.05, 4.69) is 40.4 Å². The van der Waals surface area contributed by atoms with Crippen molar-refractivity contribution in [3.63, 3.8) is 0 Å². The minimum Gasteiger partial charge on any atom is -0.396 e. The van der Waals surface area contributed by atoms with Gasteiger partial charge in [-0.3, -0.25) is 0 Å². The first kappa shape index (κ1) is 40.9. The van der Waals surface area contributed by atoms with Crippen LogP contribution in [0.3, 0.4) is 0 Å². The van der Waals surface area contributed by atoms with E-state index in [9.17, 15) is 15.1 Å². The molecule has 288 valence electrons. The van der Waals surface area contributed by atoms with E-state index in [4.69, 9.17) is 71.1 Å². The second kappa shape index (κ2) is 15.8. The lowest BCUT2D eigenvalue weighted by Gasteiger charge is -2.23. The van der Waals surface area contributed by atoms with Gasteiger partial charge < -0.3 is 39.7 Å². The molecule has 17 nitrogen and oxygen atoms in total. The van der Waals surface area contributed by atoms with Crippen molar-refractivity contribution in [2.24, 2.45) is 23.1 Å². The summed E-state index contributed by atoms with van der Waals surface area (Å²) in [7, 11) is 0. The van der Waals surface area contributed by atoms with Crippen LogP contribution in [0.5, 0.6) is 0 Å². The Hall–Kier alpha value is -2.32. The van der Waals surface area contributed by atoms with Crippen LogP contribution >= 0.6 is 46.4 Å². The standard InChI is InChI=1S/C14H19Cl2N3O3.C13H15Cl2N5O3.C4H9NO2/c1-14(2)21-10-6(3-7(5-20)11(10)22-14)4-8-9(17)12(15)19-13(16)18-8;1-13(2)22-8-5(4-21)3-6(9(8)23-13)20-11-7(18-19-20)10(14)16-12(15)17-11;1-4(2,3)7-5-6/h6-7,10-11,20H,3-5,17H2,1-2H3;5-6,8-9,21H,3-4H2,1-2H3;1-3H3/t6-,7+,10-,11+;5-,6-,8-,9+;/m01./s1. The van der Waals surface area contributed by atoms with Crippen molar-refractivity contribution in [1.29, 1.82) is 0 Å². The zero-order valence-electron chi connectivity index (χ0n) is 29.7. The summed E-state index contributed by atoms with van der Waals surface area (Å²) >= 11 is 23.8. The molecule has 52 heavy (non-hydrogen) atoms. The van der Waals surface area contributed by atoms with Gasteiger partial charge in [0, 0.05) is 25.0 Å². The molecule has 0 aromatic carbocycles. The Morgan fingerprint density at radius 3 is 1.90 bits per heavy atom. The van der Waals surface area contributed by atoms with E-state index in [0.717, 1.165) is 6.42 Å². The van der Waals surface area contributed by atoms with Gasteiger partial charge in [0.15, 0.2) is 38.4 Å². The highest BCUT2D eigenvalue weighted by atomic mass is 35.5. The van der Waals surface area contributed by atoms with Gasteiger partial charge in [0.2, 0.25) is 10.6 Å². The molecule has 8 atom stereocenters. The number of anilines is 1. The lowest BCUT2D eigenvalue weighted by Crippen LogP contribution is -2.28. The molecule has 4 fully saturated rings. The normalized spacial score (nSPS) is 29.9. The first-order chi connectivity index (χ1) is 24.3. The van der Waals surface area contributed by atoms with Crippen LogP contribution in [0.1, 0.15) is 73.0 Å². The number of hydrogen-bond donors (Lipinski definition) is 3. The molecule has 4 N–H and O–H groups in total. The molecule has 0 spiro atoms. The summed E-state index contributed by atoms with van der Waals surface area (Å²) in [5.41, 5.74) is 7.31. The minimum absolute atomic E-state index is 0.0141. The number of fused-ring (bicyclic) bond motifs is 3. The molecule has 2 saturated heterocycles. The monoisotopic (exact) mass is 809 g/mol. The van der Waals surface area contributed by atoms with Crippen LogP contribution in [0.2, 0.25) is 20.9 Å². The first-order valence-corrected chi connectivity index (χ1v) is 18.1. The summed E-state index contributed by atoms with van der Waals surface area (Å²) in [4.78, 5) is 29.7. The molecular weight excluding hydrogens is 768 g/mol. The van der Waals surface area contributed by atoms with Gasteiger partial charge in [0.05, 0.1) is 35.7 Å². The minimum atomic E-state index is -0.706. The fourth-order valence-electron chi connectivity index (χ4n) is 7.03. The number of rotatable bonds is 6. The SMILES string of the molecule is CC(C)(C)ON=O.CC1(C)O[C@@H]2[C@@H](CO)C[C@@H](Cc3nc(Cl)nc(Cl)c3N)[C@@H]2O1.CC1(C)O[C@@H]2[C@@H](CO)C[C@@H](n3nnc4c(Cl)nc(Cl)nc43)[C@@H]2O1. The van der Waals surface area contributed by atoms with Gasteiger partial charge in [0.1, 0.15) is 11.7 Å². The first-order valence-electron chi connectivity index (χ1n) is 16.6. The van der Waals surface area contributed by atoms with E-state index in [0.29, 0.717) is 35.4 Å². The maximum absolute atomic E-state index is 9.65. The third-order valence-electron chi connectivity index (χ3n) is 9.00. The average molecular weight is 812 g/mol. The van der Waals surface area contributed by atoms with E-state index in [1.165, 1.54) is 0 Å². The van der Waals surface area contributed by atoms with E-state index in [-0.39, 0.29) is 82.3 Å². The molecule has 0 radical (unpaired) electrons. The fourth-order valence-corrected chi connectivity index (χ4v) is 7.85. The van der Waals surface area contributed by atoms with Gasteiger partial charge >= 0.3 is 0 Å². The van der Waals surface area contributed by atoms with E-state index < -0.39 is 17.2 Å². The second-order valence-electron chi connectivity index (χ2n) is 14.9. The zero-order valence-corrected chi connectivity index (χ0v) is 32.7. The largest absolute Gasteiger partial charge is 0.396 e. The van der Waals surface area contributed by atoms with Crippen molar-refractivity contribution in [3.8, 4) is 0 Å². The fraction of sp³-hybridized carbons (Fsp3) is 0.742. The highest BCUT2D eigenvalue weighted by molar-refractivity contribution is 6.35. The Morgan fingerprint density at radius 1 is 0.827 bits per heavy atom. The zero-order chi connectivity index (χ0) is 38.3. The van der Waals surface area contributed by atoms with Crippen LogP contribution in [-0.2, 0) is 30.2 Å². The van der Waals surface area contributed by atoms with Gasteiger partial charge in [0.25, 0.3) is 0 Å². The van der Waals surface area contributed by atoms with Crippen LogP contribution in [-0.4, -0.2) is 99.9 Å². The van der Waals surface area contributed by atoms with Crippen molar-refractivity contribution in [2.45, 2.75) is 115 Å². The molecule has 3 aromatic heterocycles. The van der Waals surface area contributed by atoms with Crippen molar-refractivity contribution < 1.29 is 34.0 Å². The van der Waals surface area contributed by atoms with Crippen LogP contribution in [0.4, 0.5) is 5.69 Å². The summed E-state index contributed by atoms with van der Waals surface area (Å²) in [5.74, 6) is -1.21. The summed E-state index contributed by atoms with van der Waals surface area (Å²) in [6.07, 6.45) is 1.31. The average Bonchev–Trinajstić information content (AvgIpc) is 3.81. The third-order valence-corrected chi connectivity index (χ3v) is 9.89. The van der Waals surface area contributed by atoms with Crippen molar-refractivity contribution >= 4 is 63.3 Å². The quantitative estimate of drug-likeness (QED) is 0.127. The molecule has 0 unspecified atom stereocenters. The molecule has 2 aliphatic heterocycles. The van der Waals surface area contributed by atoms with Crippen LogP contribution in [0.15, 0.2) is 5.34 Å². The van der Waals surface area contributed by atoms with Gasteiger partial charge in [-0.1, -0.05) is 28.4 Å². The maximum Gasteiger partial charge on any atom is 0.225 e. The predicted molar refractivity (Wildman–Crippen MR) is 191 cm³/mol. The van der Waals surface area contributed by atoms with E-state index >= 15 is 0 Å². The Balaban J connectivity index is 0.000000171. The van der Waals surface area contributed by atoms with Crippen molar-refractivity contribution in [3.05, 3.63) is 31.5 Å². The van der Waals surface area contributed by atoms with E-state index in [1.54, 1.807) is 25.5 Å². The smallest absolute Gasteiger partial charge is 0.225 e. The van der Waals surface area contributed by atoms with Crippen LogP contribution in [0.25, 0.3) is 11.2 Å². The summed E-state index contributed by atoms with van der Waals surface area (Å²) in [6, 6.07) is -0.175. The number of hydrogen-bond acceptors (Lipinski definition) is 16. The number of nitrogen functional groups attached to an aromatic ring is 1. The highest BCUT2D eigenvalue weighted by Crippen LogP contribution is 2.48. The number of nitrogens with zero attached hydrogens (tertiary/aromatic N) is 8. The van der Waals surface area contributed by atoms with Crippen LogP contribution < -0.4 is 5.73 Å². The molecule has 7 rings (SSSR count). The molecular formula is C31H43Cl4N9O8. The number of ether oxygens (including phenoxy) is 4. The second-order valence-corrected chi connectivity index (χ2v) is 16.3. The number of nitrogens with two attached hydrogens (primary N) is 1. The van der Waals surface area contributed by atoms with Gasteiger partial charge in [-0.15, -0.1) is 10.0 Å².